The summed E-state index contributed by atoms with van der Waals surface area (Å²) in [4.78, 5) is 34.7. The predicted molar refractivity (Wildman–Crippen MR) is 85.9 cm³/mol. The predicted octanol–water partition coefficient (Wildman–Crippen LogP) is -1.28. The van der Waals surface area contributed by atoms with Crippen LogP contribution >= 0.6 is 0 Å². The molecule has 4 N–H and O–H groups in total. The molecule has 134 valence electrons. The van der Waals surface area contributed by atoms with Gasteiger partial charge in [-0.2, -0.15) is 8.42 Å². The summed E-state index contributed by atoms with van der Waals surface area (Å²) in [6.07, 6.45) is 1.16. The molecule has 10 nitrogen and oxygen atoms in total. The van der Waals surface area contributed by atoms with Crippen LogP contribution in [-0.4, -0.2) is 39.2 Å². The third-order valence-electron chi connectivity index (χ3n) is 3.41. The fraction of sp³-hybridized carbons (Fsp3) is 0.214. The van der Waals surface area contributed by atoms with Crippen LogP contribution in [0.3, 0.4) is 0 Å². The molecule has 0 unspecified atom stereocenters. The molecule has 1 heterocycles. The molecule has 0 fully saturated rings. The van der Waals surface area contributed by atoms with Crippen molar-refractivity contribution in [3.05, 3.63) is 62.9 Å². The number of carbonyl (C=O) groups is 1. The van der Waals surface area contributed by atoms with Crippen molar-refractivity contribution in [1.82, 2.24) is 9.13 Å². The van der Waals surface area contributed by atoms with Gasteiger partial charge in [0.2, 0.25) is 0 Å². The molecule has 0 saturated carbocycles. The summed E-state index contributed by atoms with van der Waals surface area (Å²) in [7, 11) is -4.34. The minimum absolute atomic E-state index is 0.160. The van der Waals surface area contributed by atoms with Crippen molar-refractivity contribution in [1.29, 1.82) is 0 Å². The Hall–Kier alpha value is -2.76. The first kappa shape index (κ1) is 18.6. The van der Waals surface area contributed by atoms with Gasteiger partial charge in [-0.05, 0) is 17.7 Å². The standard InChI is InChI=1S/C14H15N3O7S/c15-11(13(19)20)8-16-6-5-12(18)17(14(16)21)7-9-1-3-10(4-2-9)25(22,23)24/h1-6,11H,7-8,15H2,(H,19,20)(H,22,23,24)/t11-/m0/s1. The van der Waals surface area contributed by atoms with Gasteiger partial charge in [0.15, 0.2) is 0 Å². The normalized spacial score (nSPS) is 12.7. The Kier molecular flexibility index (Phi) is 5.21. The molecular formula is C14H15N3O7S. The summed E-state index contributed by atoms with van der Waals surface area (Å²) in [6.45, 7) is -0.470. The average Bonchev–Trinajstić information content (AvgIpc) is 2.53. The number of nitrogens with zero attached hydrogens (tertiary/aromatic N) is 2. The number of nitrogens with two attached hydrogens (primary N) is 1. The van der Waals surface area contributed by atoms with Crippen molar-refractivity contribution in [3.8, 4) is 0 Å². The van der Waals surface area contributed by atoms with Gasteiger partial charge in [-0.1, -0.05) is 12.1 Å². The van der Waals surface area contributed by atoms with E-state index < -0.39 is 33.4 Å². The van der Waals surface area contributed by atoms with Gasteiger partial charge < -0.3 is 10.8 Å². The van der Waals surface area contributed by atoms with Gasteiger partial charge in [0.05, 0.1) is 18.0 Å². The molecule has 1 aromatic carbocycles. The van der Waals surface area contributed by atoms with E-state index in [-0.39, 0.29) is 18.0 Å². The van der Waals surface area contributed by atoms with Crippen LogP contribution in [0.5, 0.6) is 0 Å². The number of aromatic nitrogens is 2. The minimum atomic E-state index is -4.34. The zero-order valence-corrected chi connectivity index (χ0v) is 13.6. The topological polar surface area (TPSA) is 162 Å². The lowest BCUT2D eigenvalue weighted by atomic mass is 10.2. The van der Waals surface area contributed by atoms with E-state index in [9.17, 15) is 22.8 Å². The molecule has 0 aliphatic heterocycles. The van der Waals surface area contributed by atoms with Crippen LogP contribution in [0.25, 0.3) is 0 Å². The molecule has 25 heavy (non-hydrogen) atoms. The van der Waals surface area contributed by atoms with Crippen LogP contribution < -0.4 is 17.0 Å². The molecule has 11 heteroatoms. The highest BCUT2D eigenvalue weighted by atomic mass is 32.2. The van der Waals surface area contributed by atoms with E-state index in [0.717, 1.165) is 33.5 Å². The fourth-order valence-corrected chi connectivity index (χ4v) is 2.56. The highest BCUT2D eigenvalue weighted by Crippen LogP contribution is 2.10. The molecule has 0 spiro atoms. The summed E-state index contributed by atoms with van der Waals surface area (Å²) in [6, 6.07) is 4.75. The highest BCUT2D eigenvalue weighted by molar-refractivity contribution is 7.85. The number of hydrogen-bond acceptors (Lipinski definition) is 6. The molecule has 0 bridgehead atoms. The molecule has 1 atom stereocenters. The van der Waals surface area contributed by atoms with Crippen molar-refractivity contribution in [3.63, 3.8) is 0 Å². The first-order valence-corrected chi connectivity index (χ1v) is 8.38. The van der Waals surface area contributed by atoms with E-state index in [0.29, 0.717) is 5.56 Å². The minimum Gasteiger partial charge on any atom is -0.480 e. The Morgan fingerprint density at radius 3 is 2.28 bits per heavy atom. The Morgan fingerprint density at radius 2 is 1.76 bits per heavy atom. The second-order valence-electron chi connectivity index (χ2n) is 5.24. The second kappa shape index (κ2) is 7.01. The maximum atomic E-state index is 12.3. The Balaban J connectivity index is 2.35. The molecule has 0 saturated heterocycles. The van der Waals surface area contributed by atoms with E-state index in [2.05, 4.69) is 0 Å². The molecule has 0 amide bonds. The van der Waals surface area contributed by atoms with E-state index in [1.165, 1.54) is 12.1 Å². The lowest BCUT2D eigenvalue weighted by Crippen LogP contribution is -2.44. The highest BCUT2D eigenvalue weighted by Gasteiger charge is 2.15. The van der Waals surface area contributed by atoms with E-state index in [4.69, 9.17) is 15.4 Å². The van der Waals surface area contributed by atoms with Crippen molar-refractivity contribution in [2.75, 3.05) is 0 Å². The van der Waals surface area contributed by atoms with Crippen LogP contribution in [0, 0.1) is 0 Å². The molecule has 0 aliphatic rings. The maximum Gasteiger partial charge on any atom is 0.331 e. The van der Waals surface area contributed by atoms with Crippen LogP contribution in [0.15, 0.2) is 51.0 Å². The molecule has 2 aromatic rings. The van der Waals surface area contributed by atoms with Crippen LogP contribution in [0.1, 0.15) is 5.56 Å². The third kappa shape index (κ3) is 4.41. The van der Waals surface area contributed by atoms with Crippen molar-refractivity contribution < 1.29 is 22.9 Å². The van der Waals surface area contributed by atoms with E-state index in [1.807, 2.05) is 0 Å². The Labute approximate surface area is 141 Å². The summed E-state index contributed by atoms with van der Waals surface area (Å²) >= 11 is 0. The third-order valence-corrected chi connectivity index (χ3v) is 4.28. The number of rotatable bonds is 6. The van der Waals surface area contributed by atoms with E-state index >= 15 is 0 Å². The Morgan fingerprint density at radius 1 is 1.16 bits per heavy atom. The molecule has 1 aromatic heterocycles. The number of benzene rings is 1. The second-order valence-corrected chi connectivity index (χ2v) is 6.66. The Bertz CT molecular complexity index is 1010. The van der Waals surface area contributed by atoms with Gasteiger partial charge in [-0.3, -0.25) is 23.3 Å². The molecule has 2 rings (SSSR count). The zero-order valence-electron chi connectivity index (χ0n) is 12.8. The number of aliphatic carboxylic acids is 1. The van der Waals surface area contributed by atoms with Crippen LogP contribution in [0.4, 0.5) is 0 Å². The quantitative estimate of drug-likeness (QED) is 0.530. The lowest BCUT2D eigenvalue weighted by Gasteiger charge is -2.12. The zero-order chi connectivity index (χ0) is 18.8. The molecular weight excluding hydrogens is 354 g/mol. The first-order chi connectivity index (χ1) is 11.6. The van der Waals surface area contributed by atoms with Gasteiger partial charge in [-0.25, -0.2) is 4.79 Å². The summed E-state index contributed by atoms with van der Waals surface area (Å²) < 4.78 is 32.8. The monoisotopic (exact) mass is 369 g/mol. The maximum absolute atomic E-state index is 12.3. The average molecular weight is 369 g/mol. The van der Waals surface area contributed by atoms with Crippen molar-refractivity contribution >= 4 is 16.1 Å². The molecule has 0 aliphatic carbocycles. The number of hydrogen-bond donors (Lipinski definition) is 3. The fourth-order valence-electron chi connectivity index (χ4n) is 2.08. The van der Waals surface area contributed by atoms with Crippen LogP contribution in [-0.2, 0) is 28.0 Å². The first-order valence-electron chi connectivity index (χ1n) is 6.94. The van der Waals surface area contributed by atoms with Gasteiger partial charge >= 0.3 is 11.7 Å². The summed E-state index contributed by atoms with van der Waals surface area (Å²) in [5.74, 6) is -1.29. The van der Waals surface area contributed by atoms with Gasteiger partial charge in [0.25, 0.3) is 15.7 Å². The van der Waals surface area contributed by atoms with Crippen molar-refractivity contribution in [2.24, 2.45) is 5.73 Å². The lowest BCUT2D eigenvalue weighted by molar-refractivity contribution is -0.138. The number of carboxylic acids is 1. The van der Waals surface area contributed by atoms with Gasteiger partial charge in [0.1, 0.15) is 6.04 Å². The van der Waals surface area contributed by atoms with E-state index in [1.54, 1.807) is 0 Å². The molecule has 0 radical (unpaired) electrons. The SMILES string of the molecule is N[C@@H](Cn1ccc(=O)n(Cc2ccc(S(=O)(=O)O)cc2)c1=O)C(=O)O. The summed E-state index contributed by atoms with van der Waals surface area (Å²) in [5.41, 5.74) is 4.47. The summed E-state index contributed by atoms with van der Waals surface area (Å²) in [5, 5.41) is 8.81. The van der Waals surface area contributed by atoms with Crippen LogP contribution in [0.2, 0.25) is 0 Å². The largest absolute Gasteiger partial charge is 0.480 e. The van der Waals surface area contributed by atoms with Gasteiger partial charge in [-0.15, -0.1) is 0 Å². The van der Waals surface area contributed by atoms with Gasteiger partial charge in [0, 0.05) is 12.3 Å². The number of carboxylic acid groups (broad SMARTS) is 1. The van der Waals surface area contributed by atoms with Crippen molar-refractivity contribution in [2.45, 2.75) is 24.0 Å². The smallest absolute Gasteiger partial charge is 0.331 e.